The van der Waals surface area contributed by atoms with Crippen molar-refractivity contribution in [2.24, 2.45) is 5.92 Å². The number of nitrogens with one attached hydrogen (secondary N) is 1. The third-order valence-corrected chi connectivity index (χ3v) is 6.15. The van der Waals surface area contributed by atoms with Gasteiger partial charge < -0.3 is 14.8 Å². The maximum absolute atomic E-state index is 12.8. The van der Waals surface area contributed by atoms with Gasteiger partial charge in [0.15, 0.2) is 0 Å². The van der Waals surface area contributed by atoms with E-state index in [4.69, 9.17) is 4.98 Å². The Bertz CT molecular complexity index is 883. The van der Waals surface area contributed by atoms with Crippen LogP contribution in [-0.2, 0) is 22.6 Å². The zero-order valence-electron chi connectivity index (χ0n) is 17.4. The lowest BCUT2D eigenvalue weighted by Crippen LogP contribution is -2.45. The topological polar surface area (TPSA) is 67.2 Å². The molecule has 3 heterocycles. The van der Waals surface area contributed by atoms with Crippen molar-refractivity contribution in [3.05, 3.63) is 41.9 Å². The van der Waals surface area contributed by atoms with E-state index in [0.29, 0.717) is 13.0 Å². The second-order valence-electron chi connectivity index (χ2n) is 8.23. The summed E-state index contributed by atoms with van der Waals surface area (Å²) in [6, 6.07) is 8.18. The van der Waals surface area contributed by atoms with Crippen molar-refractivity contribution in [2.75, 3.05) is 13.1 Å². The van der Waals surface area contributed by atoms with E-state index in [1.165, 1.54) is 6.42 Å². The minimum absolute atomic E-state index is 0.0393. The van der Waals surface area contributed by atoms with Crippen molar-refractivity contribution >= 4 is 11.8 Å². The summed E-state index contributed by atoms with van der Waals surface area (Å²) in [6.07, 6.45) is 6.57. The van der Waals surface area contributed by atoms with Gasteiger partial charge in [-0.3, -0.25) is 9.59 Å². The van der Waals surface area contributed by atoms with E-state index in [2.05, 4.69) is 28.2 Å². The normalized spacial score (nSPS) is 19.7. The van der Waals surface area contributed by atoms with Gasteiger partial charge in [0.25, 0.3) is 0 Å². The second kappa shape index (κ2) is 8.39. The number of aromatic nitrogens is 2. The fourth-order valence-electron chi connectivity index (χ4n) is 4.42. The third kappa shape index (κ3) is 4.21. The molecule has 2 aromatic rings. The predicted molar refractivity (Wildman–Crippen MR) is 112 cm³/mol. The molecule has 0 radical (unpaired) electrons. The highest BCUT2D eigenvalue weighted by Gasteiger charge is 2.28. The van der Waals surface area contributed by atoms with Crippen LogP contribution in [0.3, 0.4) is 0 Å². The summed E-state index contributed by atoms with van der Waals surface area (Å²) in [4.78, 5) is 31.4. The first-order chi connectivity index (χ1) is 14.0. The van der Waals surface area contributed by atoms with E-state index in [1.807, 2.05) is 30.9 Å². The van der Waals surface area contributed by atoms with Gasteiger partial charge in [-0.1, -0.05) is 25.1 Å². The molecular formula is C23H30N4O2. The van der Waals surface area contributed by atoms with Gasteiger partial charge in [-0.25, -0.2) is 4.98 Å². The summed E-state index contributed by atoms with van der Waals surface area (Å²) >= 11 is 0. The molecule has 0 spiro atoms. The molecule has 1 N–H and O–H groups in total. The van der Waals surface area contributed by atoms with Crippen molar-refractivity contribution in [1.82, 2.24) is 19.8 Å². The Morgan fingerprint density at radius 2 is 2.14 bits per heavy atom. The molecule has 0 aliphatic carbocycles. The van der Waals surface area contributed by atoms with Crippen molar-refractivity contribution in [3.8, 4) is 11.3 Å². The highest BCUT2D eigenvalue weighted by Crippen LogP contribution is 2.26. The number of likely N-dealkylation sites (tertiary alicyclic amines) is 1. The molecule has 154 valence electrons. The van der Waals surface area contributed by atoms with Crippen LogP contribution in [-0.4, -0.2) is 39.4 Å². The molecule has 2 atom stereocenters. The number of hydrogen-bond donors (Lipinski definition) is 1. The summed E-state index contributed by atoms with van der Waals surface area (Å²) < 4.78 is 2.24. The molecule has 0 saturated carbocycles. The number of carbonyl (C=O) groups is 2. The maximum atomic E-state index is 12.8. The first-order valence-corrected chi connectivity index (χ1v) is 10.8. The summed E-state index contributed by atoms with van der Waals surface area (Å²) in [5, 5.41) is 3.16. The maximum Gasteiger partial charge on any atom is 0.225 e. The predicted octanol–water partition coefficient (Wildman–Crippen LogP) is 3.32. The molecule has 1 saturated heterocycles. The molecule has 1 fully saturated rings. The van der Waals surface area contributed by atoms with E-state index < -0.39 is 0 Å². The number of imidazole rings is 1. The monoisotopic (exact) mass is 394 g/mol. The van der Waals surface area contributed by atoms with Gasteiger partial charge in [-0.15, -0.1) is 0 Å². The number of benzene rings is 1. The van der Waals surface area contributed by atoms with E-state index >= 15 is 0 Å². The van der Waals surface area contributed by atoms with Crippen LogP contribution < -0.4 is 5.32 Å². The number of hydrogen-bond acceptors (Lipinski definition) is 3. The number of nitrogens with zero attached hydrogens (tertiary/aromatic N) is 3. The lowest BCUT2D eigenvalue weighted by Gasteiger charge is -2.32. The van der Waals surface area contributed by atoms with E-state index in [-0.39, 0.29) is 23.8 Å². The Morgan fingerprint density at radius 1 is 1.28 bits per heavy atom. The Kier molecular flexibility index (Phi) is 5.69. The van der Waals surface area contributed by atoms with E-state index in [9.17, 15) is 9.59 Å². The molecular weight excluding hydrogens is 364 g/mol. The largest absolute Gasteiger partial charge is 0.349 e. The number of piperidine rings is 1. The Balaban J connectivity index is 1.42. The minimum Gasteiger partial charge on any atom is -0.349 e. The van der Waals surface area contributed by atoms with Crippen molar-refractivity contribution < 1.29 is 9.59 Å². The van der Waals surface area contributed by atoms with Crippen LogP contribution in [0.5, 0.6) is 0 Å². The van der Waals surface area contributed by atoms with Crippen molar-refractivity contribution in [2.45, 2.75) is 58.5 Å². The van der Waals surface area contributed by atoms with Crippen LogP contribution in [0.4, 0.5) is 0 Å². The first-order valence-electron chi connectivity index (χ1n) is 10.8. The van der Waals surface area contributed by atoms with Crippen molar-refractivity contribution in [1.29, 1.82) is 0 Å². The van der Waals surface area contributed by atoms with Gasteiger partial charge in [0.05, 0.1) is 17.7 Å². The average molecular weight is 395 g/mol. The number of rotatable bonds is 5. The molecule has 4 rings (SSSR count). The van der Waals surface area contributed by atoms with Crippen LogP contribution >= 0.6 is 0 Å². The minimum atomic E-state index is -0.124. The molecule has 1 aromatic heterocycles. The zero-order chi connectivity index (χ0) is 20.4. The first kappa shape index (κ1) is 19.7. The standard InChI is InChI=1S/C23H30N4O2/c1-3-22(28)27-12-5-9-19(14-27)23(29)24-16(2)17-7-4-8-18(13-17)20-15-26-11-6-10-21(26)25-20/h4,7-8,13,15-16,19H,3,5-6,9-12,14H2,1-2H3,(H,24,29). The van der Waals surface area contributed by atoms with Gasteiger partial charge >= 0.3 is 0 Å². The molecule has 2 amide bonds. The fourth-order valence-corrected chi connectivity index (χ4v) is 4.42. The van der Waals surface area contributed by atoms with Crippen LogP contribution in [0, 0.1) is 5.92 Å². The molecule has 29 heavy (non-hydrogen) atoms. The second-order valence-corrected chi connectivity index (χ2v) is 8.23. The molecule has 2 aliphatic rings. The van der Waals surface area contributed by atoms with Crippen molar-refractivity contribution in [3.63, 3.8) is 0 Å². The van der Waals surface area contributed by atoms with E-state index in [0.717, 1.165) is 55.0 Å². The highest BCUT2D eigenvalue weighted by atomic mass is 16.2. The quantitative estimate of drug-likeness (QED) is 0.846. The summed E-state index contributed by atoms with van der Waals surface area (Å²) in [7, 11) is 0. The van der Waals surface area contributed by atoms with Crippen LogP contribution in [0.1, 0.15) is 57.0 Å². The lowest BCUT2D eigenvalue weighted by atomic mass is 9.96. The highest BCUT2D eigenvalue weighted by molar-refractivity contribution is 5.81. The SMILES string of the molecule is CCC(=O)N1CCCC(C(=O)NC(C)c2cccc(-c3cn4c(n3)CCC4)c2)C1. The average Bonchev–Trinajstić information content (AvgIpc) is 3.35. The molecule has 6 nitrogen and oxygen atoms in total. The zero-order valence-corrected chi connectivity index (χ0v) is 17.4. The Morgan fingerprint density at radius 3 is 2.93 bits per heavy atom. The van der Waals surface area contributed by atoms with Gasteiger partial charge in [0.1, 0.15) is 5.82 Å². The summed E-state index contributed by atoms with van der Waals surface area (Å²) in [5.41, 5.74) is 3.16. The molecule has 2 aliphatic heterocycles. The van der Waals surface area contributed by atoms with Gasteiger partial charge in [0, 0.05) is 44.2 Å². The van der Waals surface area contributed by atoms with Gasteiger partial charge in [-0.2, -0.15) is 0 Å². The van der Waals surface area contributed by atoms with Crippen LogP contribution in [0.25, 0.3) is 11.3 Å². The Hall–Kier alpha value is -2.63. The van der Waals surface area contributed by atoms with E-state index in [1.54, 1.807) is 0 Å². The molecule has 2 unspecified atom stereocenters. The van der Waals surface area contributed by atoms with Gasteiger partial charge in [0.2, 0.25) is 11.8 Å². The molecule has 6 heteroatoms. The van der Waals surface area contributed by atoms with Crippen LogP contribution in [0.15, 0.2) is 30.5 Å². The van der Waals surface area contributed by atoms with Gasteiger partial charge in [-0.05, 0) is 37.8 Å². The molecule has 0 bridgehead atoms. The fraction of sp³-hybridized carbons (Fsp3) is 0.522. The summed E-state index contributed by atoms with van der Waals surface area (Å²) in [5.74, 6) is 1.21. The Labute approximate surface area is 172 Å². The lowest BCUT2D eigenvalue weighted by molar-refractivity contribution is -0.135. The third-order valence-electron chi connectivity index (χ3n) is 6.15. The number of amides is 2. The van der Waals surface area contributed by atoms with Crippen LogP contribution in [0.2, 0.25) is 0 Å². The smallest absolute Gasteiger partial charge is 0.225 e. The number of aryl methyl sites for hydroxylation is 2. The number of fused-ring (bicyclic) bond motifs is 1. The molecule has 1 aromatic carbocycles. The summed E-state index contributed by atoms with van der Waals surface area (Å²) in [6.45, 7) is 6.24. The number of carbonyl (C=O) groups excluding carboxylic acids is 2.